The summed E-state index contributed by atoms with van der Waals surface area (Å²) >= 11 is 0. The Kier molecular flexibility index (Phi) is 6.49. The predicted octanol–water partition coefficient (Wildman–Crippen LogP) is 1.24. The minimum absolute atomic E-state index is 0.184. The molecule has 0 spiro atoms. The molecule has 33 heavy (non-hydrogen) atoms. The molecule has 4 atom stereocenters. The van der Waals surface area contributed by atoms with E-state index in [0.717, 1.165) is 32.1 Å². The van der Waals surface area contributed by atoms with Gasteiger partial charge in [0.25, 0.3) is 0 Å². The highest BCUT2D eigenvalue weighted by molar-refractivity contribution is 5.70. The number of aromatic nitrogens is 3. The predicted molar refractivity (Wildman–Crippen MR) is 113 cm³/mol. The number of carbonyl (C=O) groups excluding carboxylic acids is 2. The summed E-state index contributed by atoms with van der Waals surface area (Å²) in [6.07, 6.45) is 2.83. The fourth-order valence-electron chi connectivity index (χ4n) is 4.70. The van der Waals surface area contributed by atoms with Crippen LogP contribution in [0.15, 0.2) is 18.5 Å². The third kappa shape index (κ3) is 4.36. The van der Waals surface area contributed by atoms with Crippen molar-refractivity contribution in [3.63, 3.8) is 0 Å². The fourth-order valence-corrected chi connectivity index (χ4v) is 4.70. The summed E-state index contributed by atoms with van der Waals surface area (Å²) in [5.41, 5.74) is 4.57. The Labute approximate surface area is 190 Å². The van der Waals surface area contributed by atoms with E-state index in [0.29, 0.717) is 5.52 Å². The summed E-state index contributed by atoms with van der Waals surface area (Å²) in [7, 11) is 0. The first-order valence-corrected chi connectivity index (χ1v) is 11.0. The minimum Gasteiger partial charge on any atom is -0.463 e. The molecule has 1 saturated heterocycles. The molecule has 3 N–H and O–H groups in total. The number of ether oxygens (including phenoxy) is 3. The van der Waals surface area contributed by atoms with Crippen LogP contribution in [0.3, 0.4) is 0 Å². The van der Waals surface area contributed by atoms with Crippen LogP contribution in [0.1, 0.15) is 51.1 Å². The number of nitrogen functional groups attached to an aromatic ring is 1. The van der Waals surface area contributed by atoms with Gasteiger partial charge < -0.3 is 25.1 Å². The Morgan fingerprint density at radius 2 is 2.12 bits per heavy atom. The van der Waals surface area contributed by atoms with Crippen molar-refractivity contribution in [3.05, 3.63) is 24.2 Å². The molecule has 0 aromatic carbocycles. The van der Waals surface area contributed by atoms with Crippen molar-refractivity contribution in [2.24, 2.45) is 5.92 Å². The number of nitriles is 1. The second-order valence-corrected chi connectivity index (χ2v) is 8.57. The number of hydrogen-bond acceptors (Lipinski definition) is 10. The average molecular weight is 457 g/mol. The number of fused-ring (bicyclic) bond motifs is 1. The highest BCUT2D eigenvalue weighted by Gasteiger charge is 2.60. The van der Waals surface area contributed by atoms with Crippen LogP contribution in [0, 0.1) is 17.2 Å². The van der Waals surface area contributed by atoms with E-state index in [2.05, 4.69) is 10.1 Å². The van der Waals surface area contributed by atoms with Crippen molar-refractivity contribution >= 4 is 23.3 Å². The van der Waals surface area contributed by atoms with Crippen molar-refractivity contribution in [1.82, 2.24) is 14.6 Å². The first-order valence-electron chi connectivity index (χ1n) is 11.0. The van der Waals surface area contributed by atoms with Gasteiger partial charge in [-0.1, -0.05) is 19.3 Å². The summed E-state index contributed by atoms with van der Waals surface area (Å²) in [4.78, 5) is 28.0. The summed E-state index contributed by atoms with van der Waals surface area (Å²) in [5.74, 6) is -0.637. The molecule has 2 aromatic heterocycles. The topological polar surface area (TPSA) is 162 Å². The molecular weight excluding hydrogens is 430 g/mol. The van der Waals surface area contributed by atoms with E-state index in [1.54, 1.807) is 12.1 Å². The summed E-state index contributed by atoms with van der Waals surface area (Å²) < 4.78 is 18.0. The van der Waals surface area contributed by atoms with Crippen LogP contribution < -0.4 is 5.73 Å². The number of rotatable bonds is 6. The molecule has 176 valence electrons. The number of anilines is 1. The molecule has 11 nitrogen and oxygen atoms in total. The quantitative estimate of drug-likeness (QED) is 0.603. The molecule has 2 aliphatic rings. The lowest BCUT2D eigenvalue weighted by atomic mass is 9.87. The van der Waals surface area contributed by atoms with Crippen molar-refractivity contribution in [1.29, 1.82) is 5.26 Å². The third-order valence-corrected chi connectivity index (χ3v) is 6.36. The first-order chi connectivity index (χ1) is 15.9. The molecular formula is C22H27N5O6. The summed E-state index contributed by atoms with van der Waals surface area (Å²) in [6, 6.07) is 5.16. The van der Waals surface area contributed by atoms with Crippen LogP contribution in [-0.2, 0) is 29.4 Å². The van der Waals surface area contributed by atoms with Gasteiger partial charge in [0, 0.05) is 13.3 Å². The SMILES string of the molecule is CC(=O)OC[C@H]1O[C@@](C#N)(c2ccc3c(N)ncnn23)[C@H](O)[C@@H]1OC(=O)CC1CCCCC1. The van der Waals surface area contributed by atoms with Gasteiger partial charge >= 0.3 is 11.9 Å². The van der Waals surface area contributed by atoms with Gasteiger partial charge in [-0.05, 0) is 30.9 Å². The van der Waals surface area contributed by atoms with Crippen LogP contribution in [0.4, 0.5) is 5.82 Å². The Balaban J connectivity index is 1.63. The van der Waals surface area contributed by atoms with Gasteiger partial charge in [0.05, 0.1) is 5.69 Å². The number of carbonyl (C=O) groups is 2. The minimum atomic E-state index is -1.94. The van der Waals surface area contributed by atoms with Crippen LogP contribution in [-0.4, -0.2) is 56.6 Å². The third-order valence-electron chi connectivity index (χ3n) is 6.36. The lowest BCUT2D eigenvalue weighted by Crippen LogP contribution is -2.43. The van der Waals surface area contributed by atoms with Crippen LogP contribution in [0.5, 0.6) is 0 Å². The Hall–Kier alpha value is -3.23. The van der Waals surface area contributed by atoms with Gasteiger partial charge in [0.1, 0.15) is 36.7 Å². The molecule has 2 aromatic rings. The van der Waals surface area contributed by atoms with Gasteiger partial charge in [0.15, 0.2) is 11.9 Å². The molecule has 1 saturated carbocycles. The highest BCUT2D eigenvalue weighted by Crippen LogP contribution is 2.42. The van der Waals surface area contributed by atoms with E-state index >= 15 is 0 Å². The fraction of sp³-hybridized carbons (Fsp3) is 0.591. The van der Waals surface area contributed by atoms with E-state index in [1.165, 1.54) is 17.8 Å². The van der Waals surface area contributed by atoms with E-state index in [4.69, 9.17) is 19.9 Å². The number of hydrogen-bond donors (Lipinski definition) is 2. The average Bonchev–Trinajstić information content (AvgIpc) is 3.34. The normalized spacial score (nSPS) is 27.8. The van der Waals surface area contributed by atoms with Crippen molar-refractivity contribution in [2.45, 2.75) is 69.4 Å². The van der Waals surface area contributed by atoms with E-state index < -0.39 is 35.9 Å². The Morgan fingerprint density at radius 1 is 1.36 bits per heavy atom. The highest BCUT2D eigenvalue weighted by atomic mass is 16.6. The van der Waals surface area contributed by atoms with Gasteiger partial charge in [-0.25, -0.2) is 9.50 Å². The standard InChI is InChI=1S/C22H27N5O6/c1-13(28)31-10-16-19(32-18(29)9-14-5-3-2-4-6-14)20(30)22(11-23,33-16)17-8-7-15-21(24)25-12-26-27(15)17/h7-8,12,14,16,19-20,30H,2-6,9-10H2,1H3,(H2,24,25,26)/t16-,19-,20-,22+/m1/s1. The van der Waals surface area contributed by atoms with Gasteiger partial charge in [-0.15, -0.1) is 0 Å². The second-order valence-electron chi connectivity index (χ2n) is 8.57. The summed E-state index contributed by atoms with van der Waals surface area (Å²) in [6.45, 7) is 0.935. The maximum absolute atomic E-state index is 12.7. The van der Waals surface area contributed by atoms with Gasteiger partial charge in [0.2, 0.25) is 5.60 Å². The smallest absolute Gasteiger partial charge is 0.306 e. The van der Waals surface area contributed by atoms with E-state index in [-0.39, 0.29) is 30.5 Å². The maximum Gasteiger partial charge on any atom is 0.306 e. The van der Waals surface area contributed by atoms with Gasteiger partial charge in [-0.3, -0.25) is 9.59 Å². The molecule has 11 heteroatoms. The lowest BCUT2D eigenvalue weighted by molar-refractivity contribution is -0.160. The molecule has 0 amide bonds. The Bertz CT molecular complexity index is 1070. The number of nitrogens with zero attached hydrogens (tertiary/aromatic N) is 4. The monoisotopic (exact) mass is 457 g/mol. The zero-order chi connectivity index (χ0) is 23.6. The zero-order valence-corrected chi connectivity index (χ0v) is 18.3. The largest absolute Gasteiger partial charge is 0.463 e. The van der Waals surface area contributed by atoms with Crippen LogP contribution in [0.25, 0.3) is 5.52 Å². The van der Waals surface area contributed by atoms with Gasteiger partial charge in [-0.2, -0.15) is 10.4 Å². The van der Waals surface area contributed by atoms with Crippen molar-refractivity contribution < 1.29 is 28.9 Å². The zero-order valence-electron chi connectivity index (χ0n) is 18.3. The molecule has 0 unspecified atom stereocenters. The summed E-state index contributed by atoms with van der Waals surface area (Å²) in [5, 5.41) is 25.5. The molecule has 0 radical (unpaired) electrons. The molecule has 2 fully saturated rings. The maximum atomic E-state index is 12.7. The number of aliphatic hydroxyl groups is 1. The van der Waals surface area contributed by atoms with Crippen LogP contribution >= 0.6 is 0 Å². The van der Waals surface area contributed by atoms with Crippen molar-refractivity contribution in [2.75, 3.05) is 12.3 Å². The second kappa shape index (κ2) is 9.33. The van der Waals surface area contributed by atoms with Crippen molar-refractivity contribution in [3.8, 4) is 6.07 Å². The Morgan fingerprint density at radius 3 is 2.82 bits per heavy atom. The molecule has 3 heterocycles. The molecule has 1 aliphatic carbocycles. The van der Waals surface area contributed by atoms with E-state index in [1.807, 2.05) is 6.07 Å². The molecule has 1 aliphatic heterocycles. The first kappa shape index (κ1) is 22.9. The van der Waals surface area contributed by atoms with E-state index in [9.17, 15) is 20.0 Å². The number of nitrogens with two attached hydrogens (primary N) is 1. The van der Waals surface area contributed by atoms with Crippen LogP contribution in [0.2, 0.25) is 0 Å². The number of esters is 2. The molecule has 4 rings (SSSR count). The number of aliphatic hydroxyl groups excluding tert-OH is 1. The lowest BCUT2D eigenvalue weighted by Gasteiger charge is -2.25. The molecule has 0 bridgehead atoms.